The van der Waals surface area contributed by atoms with Gasteiger partial charge >= 0.3 is 0 Å². The first-order valence-electron chi connectivity index (χ1n) is 7.18. The third-order valence-corrected chi connectivity index (χ3v) is 4.42. The van der Waals surface area contributed by atoms with E-state index in [1.165, 1.54) is 21.6 Å². The molecule has 2 heteroatoms. The Kier molecular flexibility index (Phi) is 5.69. The lowest BCUT2D eigenvalue weighted by Crippen LogP contribution is -2.22. The number of benzene rings is 2. The maximum Gasteiger partial charge on any atom is 0.0415 e. The Balaban J connectivity index is 2.04. The van der Waals surface area contributed by atoms with E-state index in [0.29, 0.717) is 6.04 Å². The highest BCUT2D eigenvalue weighted by atomic mass is 32.2. The van der Waals surface area contributed by atoms with Gasteiger partial charge in [-0.05, 0) is 38.1 Å². The molecular weight excluding hydrogens is 262 g/mol. The lowest BCUT2D eigenvalue weighted by atomic mass is 10.1. The van der Waals surface area contributed by atoms with Crippen LogP contribution in [-0.4, -0.2) is 12.3 Å². The largest absolute Gasteiger partial charge is 0.309 e. The van der Waals surface area contributed by atoms with E-state index in [2.05, 4.69) is 74.6 Å². The van der Waals surface area contributed by atoms with Crippen LogP contribution in [0.4, 0.5) is 0 Å². The van der Waals surface area contributed by atoms with Crippen molar-refractivity contribution >= 4 is 11.8 Å². The Hall–Kier alpha value is -1.25. The van der Waals surface area contributed by atoms with Crippen molar-refractivity contribution in [3.8, 4) is 0 Å². The molecule has 0 spiro atoms. The van der Waals surface area contributed by atoms with Crippen LogP contribution in [0.3, 0.4) is 0 Å². The van der Waals surface area contributed by atoms with Crippen molar-refractivity contribution in [1.29, 1.82) is 0 Å². The van der Waals surface area contributed by atoms with Crippen molar-refractivity contribution in [2.45, 2.75) is 31.7 Å². The fraction of sp³-hybridized carbons (Fsp3) is 0.333. The molecule has 0 fully saturated rings. The van der Waals surface area contributed by atoms with Crippen molar-refractivity contribution in [1.82, 2.24) is 5.32 Å². The van der Waals surface area contributed by atoms with Crippen molar-refractivity contribution in [2.24, 2.45) is 0 Å². The zero-order valence-electron chi connectivity index (χ0n) is 12.5. The minimum atomic E-state index is 0.408. The third kappa shape index (κ3) is 4.39. The van der Waals surface area contributed by atoms with Gasteiger partial charge in [0, 0.05) is 16.7 Å². The lowest BCUT2D eigenvalue weighted by Gasteiger charge is -2.18. The van der Waals surface area contributed by atoms with Crippen LogP contribution in [0.5, 0.6) is 0 Å². The molecule has 0 aliphatic carbocycles. The van der Waals surface area contributed by atoms with Gasteiger partial charge in [0.1, 0.15) is 0 Å². The molecule has 20 heavy (non-hydrogen) atoms. The van der Waals surface area contributed by atoms with E-state index in [-0.39, 0.29) is 0 Å². The van der Waals surface area contributed by atoms with Crippen LogP contribution in [-0.2, 0) is 0 Å². The highest BCUT2D eigenvalue weighted by Crippen LogP contribution is 2.25. The molecule has 2 aromatic rings. The SMILES string of the molecule is CCNC(CSc1cccc(C)c1)c1ccc(C)cc1. The smallest absolute Gasteiger partial charge is 0.0415 e. The summed E-state index contributed by atoms with van der Waals surface area (Å²) in [7, 11) is 0. The second-order valence-corrected chi connectivity index (χ2v) is 6.24. The van der Waals surface area contributed by atoms with E-state index in [1.807, 2.05) is 11.8 Å². The van der Waals surface area contributed by atoms with Crippen LogP contribution in [0.2, 0.25) is 0 Å². The number of rotatable bonds is 6. The Morgan fingerprint density at radius 2 is 1.75 bits per heavy atom. The summed E-state index contributed by atoms with van der Waals surface area (Å²) >= 11 is 1.92. The first-order valence-corrected chi connectivity index (χ1v) is 8.17. The number of aryl methyl sites for hydroxylation is 2. The minimum Gasteiger partial charge on any atom is -0.309 e. The van der Waals surface area contributed by atoms with Crippen molar-refractivity contribution in [2.75, 3.05) is 12.3 Å². The second-order valence-electron chi connectivity index (χ2n) is 5.15. The van der Waals surface area contributed by atoms with Gasteiger partial charge in [0.05, 0.1) is 0 Å². The van der Waals surface area contributed by atoms with Crippen LogP contribution in [0.25, 0.3) is 0 Å². The molecule has 0 saturated carbocycles. The van der Waals surface area contributed by atoms with Gasteiger partial charge in [0.2, 0.25) is 0 Å². The summed E-state index contributed by atoms with van der Waals surface area (Å²) in [5.41, 5.74) is 4.01. The fourth-order valence-corrected chi connectivity index (χ4v) is 3.32. The van der Waals surface area contributed by atoms with Gasteiger partial charge in [-0.15, -0.1) is 11.8 Å². The van der Waals surface area contributed by atoms with Crippen LogP contribution < -0.4 is 5.32 Å². The standard InChI is InChI=1S/C18H23NS/c1-4-19-18(16-10-8-14(2)9-11-16)13-20-17-7-5-6-15(3)12-17/h5-12,18-19H,4,13H2,1-3H3. The highest BCUT2D eigenvalue weighted by Gasteiger charge is 2.10. The zero-order valence-corrected chi connectivity index (χ0v) is 13.3. The number of thioether (sulfide) groups is 1. The Morgan fingerprint density at radius 1 is 1.00 bits per heavy atom. The molecule has 0 bridgehead atoms. The molecule has 1 nitrogen and oxygen atoms in total. The van der Waals surface area contributed by atoms with Crippen LogP contribution in [0, 0.1) is 13.8 Å². The van der Waals surface area contributed by atoms with E-state index >= 15 is 0 Å². The molecule has 0 radical (unpaired) electrons. The van der Waals surface area contributed by atoms with Crippen LogP contribution in [0.1, 0.15) is 29.7 Å². The molecule has 0 heterocycles. The van der Waals surface area contributed by atoms with Crippen molar-refractivity contribution in [3.63, 3.8) is 0 Å². The highest BCUT2D eigenvalue weighted by molar-refractivity contribution is 7.99. The molecule has 0 aliphatic rings. The molecule has 106 valence electrons. The average Bonchev–Trinajstić information content (AvgIpc) is 2.44. The summed E-state index contributed by atoms with van der Waals surface area (Å²) in [4.78, 5) is 1.35. The molecule has 0 saturated heterocycles. The number of nitrogens with one attached hydrogen (secondary N) is 1. The summed E-state index contributed by atoms with van der Waals surface area (Å²) in [5.74, 6) is 1.06. The third-order valence-electron chi connectivity index (χ3n) is 3.34. The van der Waals surface area contributed by atoms with Gasteiger partial charge in [-0.3, -0.25) is 0 Å². The summed E-state index contributed by atoms with van der Waals surface area (Å²) in [6, 6.07) is 18.0. The Bertz CT molecular complexity index is 533. The van der Waals surface area contributed by atoms with Gasteiger partial charge < -0.3 is 5.32 Å². The summed E-state index contributed by atoms with van der Waals surface area (Å²) in [6.45, 7) is 7.44. The van der Waals surface area contributed by atoms with Gasteiger partial charge in [-0.25, -0.2) is 0 Å². The first kappa shape index (κ1) is 15.1. The topological polar surface area (TPSA) is 12.0 Å². The molecular formula is C18H23NS. The molecule has 2 rings (SSSR count). The molecule has 2 aromatic carbocycles. The Labute approximate surface area is 126 Å². The number of hydrogen-bond donors (Lipinski definition) is 1. The predicted molar refractivity (Wildman–Crippen MR) is 89.5 cm³/mol. The lowest BCUT2D eigenvalue weighted by molar-refractivity contribution is 0.606. The van der Waals surface area contributed by atoms with E-state index in [9.17, 15) is 0 Å². The summed E-state index contributed by atoms with van der Waals surface area (Å²) in [5, 5.41) is 3.58. The summed E-state index contributed by atoms with van der Waals surface area (Å²) in [6.07, 6.45) is 0. The zero-order chi connectivity index (χ0) is 14.4. The maximum absolute atomic E-state index is 3.58. The molecule has 1 N–H and O–H groups in total. The van der Waals surface area contributed by atoms with Crippen molar-refractivity contribution < 1.29 is 0 Å². The number of hydrogen-bond acceptors (Lipinski definition) is 2. The maximum atomic E-state index is 3.58. The van der Waals surface area contributed by atoms with Gasteiger partial charge in [-0.1, -0.05) is 54.4 Å². The van der Waals surface area contributed by atoms with E-state index < -0.39 is 0 Å². The fourth-order valence-electron chi connectivity index (χ4n) is 2.20. The van der Waals surface area contributed by atoms with E-state index in [4.69, 9.17) is 0 Å². The van der Waals surface area contributed by atoms with Crippen molar-refractivity contribution in [3.05, 3.63) is 65.2 Å². The predicted octanol–water partition coefficient (Wildman–Crippen LogP) is 4.75. The van der Waals surface area contributed by atoms with Gasteiger partial charge in [0.25, 0.3) is 0 Å². The van der Waals surface area contributed by atoms with Crippen LogP contribution >= 0.6 is 11.8 Å². The second kappa shape index (κ2) is 7.51. The first-order chi connectivity index (χ1) is 9.69. The Morgan fingerprint density at radius 3 is 2.40 bits per heavy atom. The molecule has 0 aliphatic heterocycles. The van der Waals surface area contributed by atoms with E-state index in [1.54, 1.807) is 0 Å². The molecule has 1 unspecified atom stereocenters. The quantitative estimate of drug-likeness (QED) is 0.769. The van der Waals surface area contributed by atoms with Gasteiger partial charge in [0.15, 0.2) is 0 Å². The minimum absolute atomic E-state index is 0.408. The van der Waals surface area contributed by atoms with E-state index in [0.717, 1.165) is 12.3 Å². The average molecular weight is 285 g/mol. The molecule has 0 aromatic heterocycles. The van der Waals surface area contributed by atoms with Crippen LogP contribution in [0.15, 0.2) is 53.4 Å². The normalized spacial score (nSPS) is 12.3. The molecule has 0 amide bonds. The van der Waals surface area contributed by atoms with Gasteiger partial charge in [-0.2, -0.15) is 0 Å². The summed E-state index contributed by atoms with van der Waals surface area (Å²) < 4.78 is 0. The monoisotopic (exact) mass is 285 g/mol. The molecule has 1 atom stereocenters.